The largest absolute Gasteiger partial charge is 0.376 e. The van der Waals surface area contributed by atoms with E-state index in [1.807, 2.05) is 50.4 Å². The first-order chi connectivity index (χ1) is 14.5. The summed E-state index contributed by atoms with van der Waals surface area (Å²) in [4.78, 5) is 17.9. The fourth-order valence-electron chi connectivity index (χ4n) is 4.38. The number of pyridine rings is 1. The molecule has 0 aliphatic heterocycles. The molecule has 6 heteroatoms. The van der Waals surface area contributed by atoms with Crippen LogP contribution in [0.25, 0.3) is 22.3 Å². The predicted molar refractivity (Wildman–Crippen MR) is 118 cm³/mol. The fourth-order valence-corrected chi connectivity index (χ4v) is 4.38. The Kier molecular flexibility index (Phi) is 6.13. The summed E-state index contributed by atoms with van der Waals surface area (Å²) in [6.45, 7) is 5.20. The van der Waals surface area contributed by atoms with Crippen LogP contribution in [0, 0.1) is 12.8 Å². The molecule has 30 heavy (non-hydrogen) atoms. The Balaban J connectivity index is 1.52. The Morgan fingerprint density at radius 1 is 1.23 bits per heavy atom. The summed E-state index contributed by atoms with van der Waals surface area (Å²) in [5.74, 6) is 0.483. The molecule has 1 aliphatic rings. The average molecular weight is 407 g/mol. The molecule has 2 heterocycles. The number of fused-ring (bicyclic) bond motifs is 1. The molecule has 2 atom stereocenters. The lowest BCUT2D eigenvalue weighted by atomic mass is 9.88. The van der Waals surface area contributed by atoms with Crippen LogP contribution in [0.3, 0.4) is 0 Å². The van der Waals surface area contributed by atoms with Crippen molar-refractivity contribution in [3.63, 3.8) is 0 Å². The van der Waals surface area contributed by atoms with Gasteiger partial charge in [-0.2, -0.15) is 5.10 Å². The van der Waals surface area contributed by atoms with Crippen molar-refractivity contribution in [1.82, 2.24) is 20.1 Å². The highest BCUT2D eigenvalue weighted by Crippen LogP contribution is 2.27. The highest BCUT2D eigenvalue weighted by atomic mass is 16.5. The number of nitrogens with one attached hydrogen (secondary N) is 1. The third-order valence-corrected chi connectivity index (χ3v) is 6.04. The van der Waals surface area contributed by atoms with Crippen LogP contribution in [0.1, 0.15) is 48.7 Å². The van der Waals surface area contributed by atoms with E-state index in [4.69, 9.17) is 9.72 Å². The highest BCUT2D eigenvalue weighted by Gasteiger charge is 2.22. The number of carbonyl (C=O) groups excluding carboxylic acids is 1. The highest BCUT2D eigenvalue weighted by molar-refractivity contribution is 6.07. The van der Waals surface area contributed by atoms with Crippen LogP contribution in [0.4, 0.5) is 0 Å². The van der Waals surface area contributed by atoms with Gasteiger partial charge in [-0.25, -0.2) is 4.98 Å². The molecule has 2 aromatic heterocycles. The summed E-state index contributed by atoms with van der Waals surface area (Å²) in [5.41, 5.74) is 3.87. The molecule has 1 aromatic carbocycles. The Morgan fingerprint density at radius 3 is 2.77 bits per heavy atom. The van der Waals surface area contributed by atoms with Crippen LogP contribution < -0.4 is 5.32 Å². The van der Waals surface area contributed by atoms with Crippen molar-refractivity contribution in [2.45, 2.75) is 45.6 Å². The Labute approximate surface area is 177 Å². The molecular formula is C24H30N4O2. The number of aryl methyl sites for hydroxylation is 2. The normalized spacial score (nSPS) is 19.2. The molecule has 1 amide bonds. The molecule has 0 spiro atoms. The van der Waals surface area contributed by atoms with E-state index in [9.17, 15) is 4.79 Å². The molecule has 0 bridgehead atoms. The van der Waals surface area contributed by atoms with E-state index in [-0.39, 0.29) is 5.91 Å². The molecular weight excluding hydrogens is 376 g/mol. The third-order valence-electron chi connectivity index (χ3n) is 6.04. The number of nitrogens with zero attached hydrogens (tertiary/aromatic N) is 3. The second-order valence-corrected chi connectivity index (χ2v) is 8.26. The van der Waals surface area contributed by atoms with Gasteiger partial charge in [0.1, 0.15) is 0 Å². The van der Waals surface area contributed by atoms with E-state index < -0.39 is 0 Å². The van der Waals surface area contributed by atoms with Crippen molar-refractivity contribution >= 4 is 16.9 Å². The van der Waals surface area contributed by atoms with E-state index in [2.05, 4.69) is 17.3 Å². The van der Waals surface area contributed by atoms with E-state index >= 15 is 0 Å². The number of amides is 1. The summed E-state index contributed by atoms with van der Waals surface area (Å²) in [6.07, 6.45) is 5.20. The summed E-state index contributed by atoms with van der Waals surface area (Å²) >= 11 is 0. The Morgan fingerprint density at radius 2 is 2.00 bits per heavy atom. The number of benzene rings is 1. The maximum absolute atomic E-state index is 13.1. The van der Waals surface area contributed by atoms with Crippen molar-refractivity contribution in [2.75, 3.05) is 13.2 Å². The van der Waals surface area contributed by atoms with Gasteiger partial charge >= 0.3 is 0 Å². The first kappa shape index (κ1) is 20.5. The Hall–Kier alpha value is -2.73. The van der Waals surface area contributed by atoms with E-state index in [0.717, 1.165) is 28.8 Å². The first-order valence-corrected chi connectivity index (χ1v) is 10.8. The lowest BCUT2D eigenvalue weighted by Gasteiger charge is -2.28. The smallest absolute Gasteiger partial charge is 0.252 e. The minimum atomic E-state index is -0.115. The van der Waals surface area contributed by atoms with E-state index in [0.29, 0.717) is 36.4 Å². The monoisotopic (exact) mass is 406 g/mol. The fraction of sp³-hybridized carbons (Fsp3) is 0.458. The van der Waals surface area contributed by atoms with Gasteiger partial charge in [0.05, 0.1) is 35.0 Å². The minimum Gasteiger partial charge on any atom is -0.376 e. The summed E-state index contributed by atoms with van der Waals surface area (Å²) in [5, 5.41) is 8.32. The quantitative estimate of drug-likeness (QED) is 0.621. The van der Waals surface area contributed by atoms with Gasteiger partial charge in [0.25, 0.3) is 5.91 Å². The van der Waals surface area contributed by atoms with Crippen LogP contribution >= 0.6 is 0 Å². The number of ether oxygens (including phenoxy) is 1. The molecule has 1 N–H and O–H groups in total. The molecule has 6 nitrogen and oxygen atoms in total. The maximum atomic E-state index is 13.1. The van der Waals surface area contributed by atoms with Gasteiger partial charge in [-0.1, -0.05) is 50.1 Å². The summed E-state index contributed by atoms with van der Waals surface area (Å²) in [7, 11) is 1.86. The SMILES string of the molecule is Cc1nn(C)c2nc(-c3ccccc3)cc(C(=O)NCCOC3CCCCC3C)c12. The number of aromatic nitrogens is 3. The topological polar surface area (TPSA) is 69.0 Å². The van der Waals surface area contributed by atoms with Crippen LogP contribution in [0.15, 0.2) is 36.4 Å². The van der Waals surface area contributed by atoms with Crippen molar-refractivity contribution in [3.05, 3.63) is 47.7 Å². The summed E-state index contributed by atoms with van der Waals surface area (Å²) < 4.78 is 7.78. The van der Waals surface area contributed by atoms with Gasteiger partial charge < -0.3 is 10.1 Å². The van der Waals surface area contributed by atoms with Gasteiger partial charge in [0, 0.05) is 19.2 Å². The second-order valence-electron chi connectivity index (χ2n) is 8.26. The van der Waals surface area contributed by atoms with Crippen LogP contribution in [0.5, 0.6) is 0 Å². The number of hydrogen-bond donors (Lipinski definition) is 1. The van der Waals surface area contributed by atoms with Gasteiger partial charge in [-0.3, -0.25) is 9.48 Å². The zero-order valence-electron chi connectivity index (χ0n) is 18.0. The molecule has 1 fully saturated rings. The molecule has 1 aliphatic carbocycles. The van der Waals surface area contributed by atoms with E-state index in [1.54, 1.807) is 4.68 Å². The van der Waals surface area contributed by atoms with Crippen LogP contribution in [0.2, 0.25) is 0 Å². The zero-order valence-corrected chi connectivity index (χ0v) is 18.0. The molecule has 0 radical (unpaired) electrons. The van der Waals surface area contributed by atoms with Crippen LogP contribution in [-0.4, -0.2) is 39.9 Å². The molecule has 0 saturated heterocycles. The second kappa shape index (κ2) is 8.96. The van der Waals surface area contributed by atoms with Crippen molar-refractivity contribution < 1.29 is 9.53 Å². The van der Waals surface area contributed by atoms with Gasteiger partial charge in [0.2, 0.25) is 0 Å². The zero-order chi connectivity index (χ0) is 21.1. The van der Waals surface area contributed by atoms with E-state index in [1.165, 1.54) is 19.3 Å². The molecule has 4 rings (SSSR count). The lowest BCUT2D eigenvalue weighted by Crippen LogP contribution is -2.32. The molecule has 158 valence electrons. The van der Waals surface area contributed by atoms with Crippen molar-refractivity contribution in [2.24, 2.45) is 13.0 Å². The van der Waals surface area contributed by atoms with Crippen LogP contribution in [-0.2, 0) is 11.8 Å². The lowest BCUT2D eigenvalue weighted by molar-refractivity contribution is -0.00293. The van der Waals surface area contributed by atoms with Crippen molar-refractivity contribution in [1.29, 1.82) is 0 Å². The number of carbonyl (C=O) groups is 1. The minimum absolute atomic E-state index is 0.115. The molecule has 1 saturated carbocycles. The molecule has 3 aromatic rings. The number of rotatable bonds is 6. The number of hydrogen-bond acceptors (Lipinski definition) is 4. The summed E-state index contributed by atoms with van der Waals surface area (Å²) in [6, 6.07) is 11.8. The predicted octanol–water partition coefficient (Wildman–Crippen LogP) is 4.27. The standard InChI is InChI=1S/C24H30N4O2/c1-16-9-7-8-12-21(16)30-14-13-25-24(29)19-15-20(18-10-5-4-6-11-18)26-23-22(19)17(2)27-28(23)3/h4-6,10-11,15-16,21H,7-9,12-14H2,1-3H3,(H,25,29). The van der Waals surface area contributed by atoms with Gasteiger partial charge in [0.15, 0.2) is 5.65 Å². The molecule has 2 unspecified atom stereocenters. The maximum Gasteiger partial charge on any atom is 0.252 e. The third kappa shape index (κ3) is 4.24. The van der Waals surface area contributed by atoms with Crippen molar-refractivity contribution in [3.8, 4) is 11.3 Å². The average Bonchev–Trinajstić information content (AvgIpc) is 3.06. The van der Waals surface area contributed by atoms with Gasteiger partial charge in [-0.05, 0) is 31.7 Å². The Bertz CT molecular complexity index is 1030. The first-order valence-electron chi connectivity index (χ1n) is 10.8. The van der Waals surface area contributed by atoms with Gasteiger partial charge in [-0.15, -0.1) is 0 Å².